The van der Waals surface area contributed by atoms with Gasteiger partial charge in [-0.15, -0.1) is 0 Å². The van der Waals surface area contributed by atoms with Gasteiger partial charge in [-0.05, 0) is 42.5 Å². The van der Waals surface area contributed by atoms with Gasteiger partial charge in [0, 0.05) is 24.7 Å². The standard InChI is InChI=1S/C17H25ClN2O3S/c1-17(2,3)12-19-16(21)13-5-4-10-20(11-13)24(22,23)15-8-6-14(18)7-9-15/h6-9,13H,4-5,10-12H2,1-3H3,(H,19,21)/t13-/m1/s1. The Hall–Kier alpha value is -1.11. The summed E-state index contributed by atoms with van der Waals surface area (Å²) in [5.74, 6) is -0.371. The maximum absolute atomic E-state index is 12.7. The van der Waals surface area contributed by atoms with Gasteiger partial charge < -0.3 is 5.32 Å². The Kier molecular flexibility index (Phi) is 5.94. The van der Waals surface area contributed by atoms with Crippen molar-refractivity contribution in [3.63, 3.8) is 0 Å². The molecule has 134 valence electrons. The maximum Gasteiger partial charge on any atom is 0.243 e. The number of sulfonamides is 1. The fourth-order valence-corrected chi connectivity index (χ4v) is 4.28. The number of hydrogen-bond acceptors (Lipinski definition) is 3. The van der Waals surface area contributed by atoms with Gasteiger partial charge in [0.05, 0.1) is 10.8 Å². The summed E-state index contributed by atoms with van der Waals surface area (Å²) in [6, 6.07) is 6.12. The number of halogens is 1. The van der Waals surface area contributed by atoms with Gasteiger partial charge >= 0.3 is 0 Å². The summed E-state index contributed by atoms with van der Waals surface area (Å²) in [6.07, 6.45) is 1.39. The Balaban J connectivity index is 2.07. The summed E-state index contributed by atoms with van der Waals surface area (Å²) in [7, 11) is -3.59. The van der Waals surface area contributed by atoms with E-state index in [1.807, 2.05) is 20.8 Å². The van der Waals surface area contributed by atoms with Crippen LogP contribution in [0.15, 0.2) is 29.2 Å². The molecule has 0 bridgehead atoms. The van der Waals surface area contributed by atoms with Crippen molar-refractivity contribution in [2.45, 2.75) is 38.5 Å². The first-order valence-corrected chi connectivity index (χ1v) is 9.95. The molecule has 0 aromatic heterocycles. The van der Waals surface area contributed by atoms with E-state index in [0.717, 1.165) is 0 Å². The molecule has 1 amide bonds. The van der Waals surface area contributed by atoms with Crippen LogP contribution in [0, 0.1) is 11.3 Å². The molecule has 1 heterocycles. The van der Waals surface area contributed by atoms with Crippen molar-refractivity contribution in [3.8, 4) is 0 Å². The van der Waals surface area contributed by atoms with E-state index in [1.54, 1.807) is 12.1 Å². The molecule has 1 fully saturated rings. The first kappa shape index (κ1) is 19.2. The molecular formula is C17H25ClN2O3S. The Morgan fingerprint density at radius 3 is 2.50 bits per heavy atom. The van der Waals surface area contributed by atoms with Crippen LogP contribution in [-0.2, 0) is 14.8 Å². The molecule has 2 rings (SSSR count). The molecule has 1 aliphatic rings. The third-order valence-electron chi connectivity index (χ3n) is 4.00. The Labute approximate surface area is 149 Å². The highest BCUT2D eigenvalue weighted by molar-refractivity contribution is 7.89. The van der Waals surface area contributed by atoms with Crippen LogP contribution < -0.4 is 5.32 Å². The van der Waals surface area contributed by atoms with E-state index >= 15 is 0 Å². The van der Waals surface area contributed by atoms with Crippen LogP contribution >= 0.6 is 11.6 Å². The predicted octanol–water partition coefficient (Wildman–Crippen LogP) is 2.90. The number of nitrogens with zero attached hydrogens (tertiary/aromatic N) is 1. The minimum atomic E-state index is -3.59. The number of carbonyl (C=O) groups is 1. The molecule has 0 radical (unpaired) electrons. The molecule has 1 saturated heterocycles. The van der Waals surface area contributed by atoms with E-state index < -0.39 is 10.0 Å². The van der Waals surface area contributed by atoms with Crippen LogP contribution in [0.4, 0.5) is 0 Å². The second kappa shape index (κ2) is 7.42. The molecule has 1 atom stereocenters. The number of benzene rings is 1. The average Bonchev–Trinajstić information content (AvgIpc) is 2.52. The Morgan fingerprint density at radius 2 is 1.92 bits per heavy atom. The SMILES string of the molecule is CC(C)(C)CNC(=O)[C@@H]1CCCN(S(=O)(=O)c2ccc(Cl)cc2)C1. The zero-order valence-electron chi connectivity index (χ0n) is 14.4. The van der Waals surface area contributed by atoms with Crippen molar-refractivity contribution in [1.29, 1.82) is 0 Å². The molecule has 7 heteroatoms. The highest BCUT2D eigenvalue weighted by atomic mass is 35.5. The van der Waals surface area contributed by atoms with Crippen molar-refractivity contribution in [3.05, 3.63) is 29.3 Å². The van der Waals surface area contributed by atoms with E-state index in [9.17, 15) is 13.2 Å². The average molecular weight is 373 g/mol. The van der Waals surface area contributed by atoms with Gasteiger partial charge in [0.15, 0.2) is 0 Å². The number of piperidine rings is 1. The van der Waals surface area contributed by atoms with Crippen molar-refractivity contribution in [2.75, 3.05) is 19.6 Å². The van der Waals surface area contributed by atoms with Crippen molar-refractivity contribution >= 4 is 27.5 Å². The fraction of sp³-hybridized carbons (Fsp3) is 0.588. The Bertz CT molecular complexity index is 681. The number of nitrogens with one attached hydrogen (secondary N) is 1. The van der Waals surface area contributed by atoms with Crippen LogP contribution in [0.5, 0.6) is 0 Å². The lowest BCUT2D eigenvalue weighted by Gasteiger charge is -2.32. The third kappa shape index (κ3) is 4.94. The molecule has 0 aliphatic carbocycles. The number of rotatable bonds is 4. The van der Waals surface area contributed by atoms with E-state index in [-0.39, 0.29) is 28.7 Å². The van der Waals surface area contributed by atoms with Crippen molar-refractivity contribution < 1.29 is 13.2 Å². The summed E-state index contributed by atoms with van der Waals surface area (Å²) in [4.78, 5) is 12.6. The summed E-state index contributed by atoms with van der Waals surface area (Å²) in [5.41, 5.74) is -0.000598. The lowest BCUT2D eigenvalue weighted by atomic mass is 9.95. The smallest absolute Gasteiger partial charge is 0.243 e. The first-order valence-electron chi connectivity index (χ1n) is 8.13. The number of hydrogen-bond donors (Lipinski definition) is 1. The van der Waals surface area contributed by atoms with Crippen molar-refractivity contribution in [2.24, 2.45) is 11.3 Å². The van der Waals surface area contributed by atoms with Gasteiger partial charge in [-0.2, -0.15) is 4.31 Å². The van der Waals surface area contributed by atoms with E-state index in [2.05, 4.69) is 5.32 Å². The van der Waals surface area contributed by atoms with Crippen LogP contribution in [0.2, 0.25) is 5.02 Å². The molecule has 5 nitrogen and oxygen atoms in total. The number of amides is 1. The summed E-state index contributed by atoms with van der Waals surface area (Å²) in [5, 5.41) is 3.43. The lowest BCUT2D eigenvalue weighted by Crippen LogP contribution is -2.46. The van der Waals surface area contributed by atoms with Crippen LogP contribution in [0.1, 0.15) is 33.6 Å². The molecule has 0 spiro atoms. The van der Waals surface area contributed by atoms with Gasteiger partial charge in [-0.25, -0.2) is 8.42 Å². The summed E-state index contributed by atoms with van der Waals surface area (Å²) >= 11 is 5.82. The minimum Gasteiger partial charge on any atom is -0.355 e. The highest BCUT2D eigenvalue weighted by Crippen LogP contribution is 2.25. The quantitative estimate of drug-likeness (QED) is 0.883. The maximum atomic E-state index is 12.7. The van der Waals surface area contributed by atoms with Crippen LogP contribution in [-0.4, -0.2) is 38.3 Å². The lowest BCUT2D eigenvalue weighted by molar-refractivity contribution is -0.126. The molecule has 0 unspecified atom stereocenters. The molecule has 1 N–H and O–H groups in total. The van der Waals surface area contributed by atoms with E-state index in [1.165, 1.54) is 16.4 Å². The normalized spacial score (nSPS) is 19.9. The second-order valence-electron chi connectivity index (χ2n) is 7.43. The van der Waals surface area contributed by atoms with Gasteiger partial charge in [0.1, 0.15) is 0 Å². The number of carbonyl (C=O) groups excluding carboxylic acids is 1. The van der Waals surface area contributed by atoms with Crippen LogP contribution in [0.3, 0.4) is 0 Å². The van der Waals surface area contributed by atoms with E-state index in [4.69, 9.17) is 11.6 Å². The molecule has 0 saturated carbocycles. The third-order valence-corrected chi connectivity index (χ3v) is 6.13. The fourth-order valence-electron chi connectivity index (χ4n) is 2.63. The molecular weight excluding hydrogens is 348 g/mol. The Morgan fingerprint density at radius 1 is 1.29 bits per heavy atom. The van der Waals surface area contributed by atoms with Crippen molar-refractivity contribution in [1.82, 2.24) is 9.62 Å². The van der Waals surface area contributed by atoms with Gasteiger partial charge in [-0.3, -0.25) is 4.79 Å². The molecule has 1 aliphatic heterocycles. The largest absolute Gasteiger partial charge is 0.355 e. The zero-order valence-corrected chi connectivity index (χ0v) is 16.0. The van der Waals surface area contributed by atoms with E-state index in [0.29, 0.717) is 31.0 Å². The monoisotopic (exact) mass is 372 g/mol. The highest BCUT2D eigenvalue weighted by Gasteiger charge is 2.33. The first-order chi connectivity index (χ1) is 11.1. The summed E-state index contributed by atoms with van der Waals surface area (Å²) < 4.78 is 26.9. The predicted molar refractivity (Wildman–Crippen MR) is 95.4 cm³/mol. The topological polar surface area (TPSA) is 66.5 Å². The molecule has 1 aromatic rings. The molecule has 24 heavy (non-hydrogen) atoms. The van der Waals surface area contributed by atoms with Gasteiger partial charge in [0.2, 0.25) is 15.9 Å². The van der Waals surface area contributed by atoms with Gasteiger partial charge in [0.25, 0.3) is 0 Å². The minimum absolute atomic E-state index is 0.000598. The molecule has 1 aromatic carbocycles. The van der Waals surface area contributed by atoms with Gasteiger partial charge in [-0.1, -0.05) is 32.4 Å². The summed E-state index contributed by atoms with van der Waals surface area (Å²) in [6.45, 7) is 7.38. The zero-order chi connectivity index (χ0) is 18.0. The second-order valence-corrected chi connectivity index (χ2v) is 9.81. The van der Waals surface area contributed by atoms with Crippen LogP contribution in [0.25, 0.3) is 0 Å².